The molecule has 0 aliphatic rings. The maximum atomic E-state index is 11.3. The third kappa shape index (κ3) is 4.95. The molecule has 1 aromatic rings. The lowest BCUT2D eigenvalue weighted by Gasteiger charge is -2.08. The molecule has 1 amide bonds. The predicted octanol–water partition coefficient (Wildman–Crippen LogP) is 1.57. The summed E-state index contributed by atoms with van der Waals surface area (Å²) in [4.78, 5) is 12.6. The molecule has 2 N–H and O–H groups in total. The molecule has 1 rings (SSSR count). The molecule has 0 aromatic carbocycles. The summed E-state index contributed by atoms with van der Waals surface area (Å²) < 4.78 is 0. The molecule has 1 atom stereocenters. The highest BCUT2D eigenvalue weighted by atomic mass is 32.1. The SMILES string of the molecule is CCC(O)CNC(=O)CCc1cccs1. The quantitative estimate of drug-likeness (QED) is 0.775. The van der Waals surface area contributed by atoms with E-state index in [1.807, 2.05) is 24.4 Å². The number of nitrogens with one attached hydrogen (secondary N) is 1. The van der Waals surface area contributed by atoms with Gasteiger partial charge in [0.1, 0.15) is 0 Å². The molecular formula is C11H17NO2S. The molecule has 1 unspecified atom stereocenters. The number of carbonyl (C=O) groups is 1. The van der Waals surface area contributed by atoms with Crippen LogP contribution < -0.4 is 5.32 Å². The van der Waals surface area contributed by atoms with Crippen LogP contribution in [0.3, 0.4) is 0 Å². The van der Waals surface area contributed by atoms with Crippen molar-refractivity contribution in [2.45, 2.75) is 32.3 Å². The van der Waals surface area contributed by atoms with Gasteiger partial charge in [-0.15, -0.1) is 11.3 Å². The Balaban J connectivity index is 2.14. The normalized spacial score (nSPS) is 12.4. The van der Waals surface area contributed by atoms with Gasteiger partial charge in [-0.25, -0.2) is 0 Å². The summed E-state index contributed by atoms with van der Waals surface area (Å²) in [5.74, 6) is 0.0101. The maximum absolute atomic E-state index is 11.3. The van der Waals surface area contributed by atoms with Gasteiger partial charge in [-0.05, 0) is 24.3 Å². The van der Waals surface area contributed by atoms with E-state index in [0.29, 0.717) is 19.4 Å². The Morgan fingerprint density at radius 1 is 1.67 bits per heavy atom. The van der Waals surface area contributed by atoms with Crippen molar-refractivity contribution in [3.8, 4) is 0 Å². The minimum Gasteiger partial charge on any atom is -0.391 e. The largest absolute Gasteiger partial charge is 0.391 e. The summed E-state index contributed by atoms with van der Waals surface area (Å²) in [5.41, 5.74) is 0. The van der Waals surface area contributed by atoms with Crippen molar-refractivity contribution in [2.24, 2.45) is 0 Å². The second-order valence-electron chi connectivity index (χ2n) is 3.45. The summed E-state index contributed by atoms with van der Waals surface area (Å²) in [6.07, 6.45) is 1.53. The summed E-state index contributed by atoms with van der Waals surface area (Å²) in [6, 6.07) is 4.01. The average molecular weight is 227 g/mol. The summed E-state index contributed by atoms with van der Waals surface area (Å²) >= 11 is 1.66. The van der Waals surface area contributed by atoms with Gasteiger partial charge >= 0.3 is 0 Å². The van der Waals surface area contributed by atoms with Gasteiger partial charge in [0.25, 0.3) is 0 Å². The third-order valence-corrected chi connectivity index (χ3v) is 3.12. The maximum Gasteiger partial charge on any atom is 0.220 e. The number of rotatable bonds is 6. The molecule has 1 heterocycles. The highest BCUT2D eigenvalue weighted by molar-refractivity contribution is 7.09. The van der Waals surface area contributed by atoms with Gasteiger partial charge in [-0.2, -0.15) is 0 Å². The number of thiophene rings is 1. The number of carbonyl (C=O) groups excluding carboxylic acids is 1. The zero-order valence-electron chi connectivity index (χ0n) is 8.90. The Bertz CT molecular complexity index is 285. The van der Waals surface area contributed by atoms with Gasteiger partial charge in [0, 0.05) is 17.8 Å². The second kappa shape index (κ2) is 6.58. The topological polar surface area (TPSA) is 49.3 Å². The van der Waals surface area contributed by atoms with E-state index in [2.05, 4.69) is 5.32 Å². The van der Waals surface area contributed by atoms with Crippen molar-refractivity contribution < 1.29 is 9.90 Å². The monoisotopic (exact) mass is 227 g/mol. The molecule has 0 saturated carbocycles. The summed E-state index contributed by atoms with van der Waals surface area (Å²) in [6.45, 7) is 2.25. The van der Waals surface area contributed by atoms with Gasteiger partial charge in [0.2, 0.25) is 5.91 Å². The van der Waals surface area contributed by atoms with Crippen molar-refractivity contribution in [1.29, 1.82) is 0 Å². The van der Waals surface area contributed by atoms with E-state index in [4.69, 9.17) is 0 Å². The number of amides is 1. The van der Waals surface area contributed by atoms with E-state index >= 15 is 0 Å². The summed E-state index contributed by atoms with van der Waals surface area (Å²) in [5, 5.41) is 14.0. The Kier molecular flexibility index (Phi) is 5.36. The number of hydrogen-bond acceptors (Lipinski definition) is 3. The van der Waals surface area contributed by atoms with E-state index in [-0.39, 0.29) is 5.91 Å². The first-order valence-electron chi connectivity index (χ1n) is 5.19. The molecule has 84 valence electrons. The predicted molar refractivity (Wildman–Crippen MR) is 61.9 cm³/mol. The third-order valence-electron chi connectivity index (χ3n) is 2.18. The Labute approximate surface area is 94.1 Å². The van der Waals surface area contributed by atoms with Gasteiger partial charge in [-0.3, -0.25) is 4.79 Å². The summed E-state index contributed by atoms with van der Waals surface area (Å²) in [7, 11) is 0. The lowest BCUT2D eigenvalue weighted by atomic mass is 10.2. The van der Waals surface area contributed by atoms with Crippen LogP contribution in [0.5, 0.6) is 0 Å². The van der Waals surface area contributed by atoms with Gasteiger partial charge in [-0.1, -0.05) is 13.0 Å². The van der Waals surface area contributed by atoms with Crippen molar-refractivity contribution in [2.75, 3.05) is 6.54 Å². The molecule has 0 bridgehead atoms. The molecule has 0 saturated heterocycles. The van der Waals surface area contributed by atoms with E-state index in [1.165, 1.54) is 4.88 Å². The fourth-order valence-corrected chi connectivity index (χ4v) is 1.86. The van der Waals surface area contributed by atoms with Crippen molar-refractivity contribution >= 4 is 17.2 Å². The molecule has 0 aliphatic heterocycles. The zero-order valence-corrected chi connectivity index (χ0v) is 9.72. The first-order chi connectivity index (χ1) is 7.22. The molecule has 3 nitrogen and oxygen atoms in total. The minimum absolute atomic E-state index is 0.0101. The molecule has 0 spiro atoms. The molecule has 15 heavy (non-hydrogen) atoms. The minimum atomic E-state index is -0.421. The van der Waals surface area contributed by atoms with E-state index in [1.54, 1.807) is 11.3 Å². The first-order valence-corrected chi connectivity index (χ1v) is 6.07. The van der Waals surface area contributed by atoms with Crippen LogP contribution in [0.1, 0.15) is 24.6 Å². The second-order valence-corrected chi connectivity index (χ2v) is 4.48. The number of aliphatic hydroxyl groups excluding tert-OH is 1. The van der Waals surface area contributed by atoms with E-state index in [9.17, 15) is 9.90 Å². The molecule has 0 radical (unpaired) electrons. The van der Waals surface area contributed by atoms with Crippen molar-refractivity contribution in [3.63, 3.8) is 0 Å². The van der Waals surface area contributed by atoms with Gasteiger partial charge in [0.05, 0.1) is 6.10 Å². The lowest BCUT2D eigenvalue weighted by molar-refractivity contribution is -0.121. The fraction of sp³-hybridized carbons (Fsp3) is 0.545. The molecular weight excluding hydrogens is 210 g/mol. The number of aryl methyl sites for hydroxylation is 1. The zero-order chi connectivity index (χ0) is 11.1. The van der Waals surface area contributed by atoms with E-state index < -0.39 is 6.10 Å². The van der Waals surface area contributed by atoms with Crippen LogP contribution in [-0.4, -0.2) is 23.7 Å². The Hall–Kier alpha value is -0.870. The van der Waals surface area contributed by atoms with Gasteiger partial charge < -0.3 is 10.4 Å². The van der Waals surface area contributed by atoms with Crippen LogP contribution in [0.4, 0.5) is 0 Å². The van der Waals surface area contributed by atoms with Crippen LogP contribution in [0.2, 0.25) is 0 Å². The van der Waals surface area contributed by atoms with Crippen LogP contribution in [0.15, 0.2) is 17.5 Å². The van der Waals surface area contributed by atoms with E-state index in [0.717, 1.165) is 6.42 Å². The number of hydrogen-bond donors (Lipinski definition) is 2. The van der Waals surface area contributed by atoms with Crippen LogP contribution >= 0.6 is 11.3 Å². The Morgan fingerprint density at radius 3 is 3.07 bits per heavy atom. The highest BCUT2D eigenvalue weighted by Crippen LogP contribution is 2.10. The number of aliphatic hydroxyl groups is 1. The fourth-order valence-electron chi connectivity index (χ4n) is 1.16. The standard InChI is InChI=1S/C11H17NO2S/c1-2-9(13)8-12-11(14)6-5-10-4-3-7-15-10/h3-4,7,9,13H,2,5-6,8H2,1H3,(H,12,14). The molecule has 4 heteroatoms. The smallest absolute Gasteiger partial charge is 0.220 e. The van der Waals surface area contributed by atoms with Crippen molar-refractivity contribution in [3.05, 3.63) is 22.4 Å². The first kappa shape index (κ1) is 12.2. The van der Waals surface area contributed by atoms with Crippen LogP contribution in [0.25, 0.3) is 0 Å². The van der Waals surface area contributed by atoms with Gasteiger partial charge in [0.15, 0.2) is 0 Å². The highest BCUT2D eigenvalue weighted by Gasteiger charge is 2.05. The average Bonchev–Trinajstić information content (AvgIpc) is 2.75. The molecule has 0 fully saturated rings. The Morgan fingerprint density at radius 2 is 2.47 bits per heavy atom. The molecule has 1 aromatic heterocycles. The van der Waals surface area contributed by atoms with Crippen LogP contribution in [-0.2, 0) is 11.2 Å². The van der Waals surface area contributed by atoms with Crippen LogP contribution in [0, 0.1) is 0 Å². The molecule has 0 aliphatic carbocycles. The lowest BCUT2D eigenvalue weighted by Crippen LogP contribution is -2.31. The van der Waals surface area contributed by atoms with Crippen molar-refractivity contribution in [1.82, 2.24) is 5.32 Å².